The monoisotopic (exact) mass is 582 g/mol. The molecule has 0 spiro atoms. The van der Waals surface area contributed by atoms with Crippen molar-refractivity contribution in [2.24, 2.45) is 5.92 Å². The van der Waals surface area contributed by atoms with Gasteiger partial charge in [-0.25, -0.2) is 4.98 Å². The van der Waals surface area contributed by atoms with Gasteiger partial charge >= 0.3 is 0 Å². The molecular formula is C32H38N8O3. The molecule has 0 radical (unpaired) electrons. The van der Waals surface area contributed by atoms with Crippen molar-refractivity contribution in [2.75, 3.05) is 75.1 Å². The number of carbonyl (C=O) groups is 1. The Kier molecular flexibility index (Phi) is 8.31. The van der Waals surface area contributed by atoms with Gasteiger partial charge in [-0.15, -0.1) is 10.2 Å². The number of para-hydroxylation sites is 1. The Morgan fingerprint density at radius 1 is 1.16 bits per heavy atom. The quantitative estimate of drug-likeness (QED) is 0.418. The van der Waals surface area contributed by atoms with Crippen LogP contribution in [-0.2, 0) is 9.53 Å². The van der Waals surface area contributed by atoms with E-state index in [1.165, 1.54) is 0 Å². The smallest absolute Gasteiger partial charge is 0.236 e. The highest BCUT2D eigenvalue weighted by Gasteiger charge is 2.45. The highest BCUT2D eigenvalue weighted by Crippen LogP contribution is 2.41. The predicted molar refractivity (Wildman–Crippen MR) is 166 cm³/mol. The summed E-state index contributed by atoms with van der Waals surface area (Å²) in [7, 11) is 1.91. The number of phenols is 1. The normalized spacial score (nSPS) is 21.6. The molecule has 3 N–H and O–H groups in total. The fourth-order valence-electron chi connectivity index (χ4n) is 6.41. The number of ether oxygens (including phenoxy) is 1. The van der Waals surface area contributed by atoms with Crippen LogP contribution in [0.1, 0.15) is 19.0 Å². The zero-order valence-corrected chi connectivity index (χ0v) is 24.7. The van der Waals surface area contributed by atoms with Crippen molar-refractivity contribution in [1.82, 2.24) is 25.0 Å². The Hall–Kier alpha value is -4.40. The molecule has 1 amide bonds. The van der Waals surface area contributed by atoms with Crippen LogP contribution in [0.2, 0.25) is 0 Å². The Bertz CT molecular complexity index is 1530. The molecule has 224 valence electrons. The second-order valence-electron chi connectivity index (χ2n) is 11.6. The first-order chi connectivity index (χ1) is 20.9. The van der Waals surface area contributed by atoms with Gasteiger partial charge in [0, 0.05) is 55.7 Å². The number of nitrogens with two attached hydrogens (primary N) is 1. The molecule has 3 aliphatic heterocycles. The maximum absolute atomic E-state index is 12.5. The van der Waals surface area contributed by atoms with Crippen molar-refractivity contribution in [3.8, 4) is 28.8 Å². The third-order valence-corrected chi connectivity index (χ3v) is 8.59. The molecule has 2 aromatic heterocycles. The van der Waals surface area contributed by atoms with Crippen LogP contribution in [0.5, 0.6) is 5.75 Å². The summed E-state index contributed by atoms with van der Waals surface area (Å²) in [6.07, 6.45) is 2.89. The zero-order chi connectivity index (χ0) is 29.9. The summed E-state index contributed by atoms with van der Waals surface area (Å²) >= 11 is 0. The lowest BCUT2D eigenvalue weighted by Gasteiger charge is -2.44. The van der Waals surface area contributed by atoms with E-state index < -0.39 is 0 Å². The molecule has 3 fully saturated rings. The third kappa shape index (κ3) is 6.21. The van der Waals surface area contributed by atoms with Gasteiger partial charge in [0.2, 0.25) is 5.91 Å². The lowest BCUT2D eigenvalue weighted by atomic mass is 10.0. The van der Waals surface area contributed by atoms with Crippen LogP contribution in [0.25, 0.3) is 11.3 Å². The molecule has 0 saturated carbocycles. The lowest BCUT2D eigenvalue weighted by Crippen LogP contribution is -2.55. The van der Waals surface area contributed by atoms with Crippen LogP contribution < -0.4 is 15.5 Å². The molecule has 3 unspecified atom stereocenters. The maximum Gasteiger partial charge on any atom is 0.236 e. The summed E-state index contributed by atoms with van der Waals surface area (Å²) in [6, 6.07) is 13.8. The standard InChI is InChI=1S/C32H38N8O3/c1-22-16-25-19-39(28-18-27(35-36-32(28)33)26-7-3-4-8-30(26)41)20-29(22)40(25)24-9-10-34-23(17-24)6-5-11-37(2)21-31(42)38-12-14-43-15-13-38/h3-4,7-10,17-18,22,25,29,41H,11-16,19-21H2,1-2H3,(H2,33,36). The van der Waals surface area contributed by atoms with E-state index >= 15 is 0 Å². The van der Waals surface area contributed by atoms with Gasteiger partial charge in [0.05, 0.1) is 37.7 Å². The number of pyridine rings is 1. The number of rotatable bonds is 6. The molecule has 3 saturated heterocycles. The topological polar surface area (TPSA) is 124 Å². The van der Waals surface area contributed by atoms with Gasteiger partial charge in [-0.05, 0) is 55.6 Å². The zero-order valence-electron chi connectivity index (χ0n) is 24.7. The van der Waals surface area contributed by atoms with E-state index in [0.29, 0.717) is 62.4 Å². The lowest BCUT2D eigenvalue weighted by molar-refractivity contribution is -0.136. The second-order valence-corrected chi connectivity index (χ2v) is 11.6. The summed E-state index contributed by atoms with van der Waals surface area (Å²) in [5.74, 6) is 7.54. The van der Waals surface area contributed by atoms with Crippen molar-refractivity contribution >= 4 is 23.1 Å². The van der Waals surface area contributed by atoms with E-state index in [4.69, 9.17) is 10.5 Å². The number of amides is 1. The van der Waals surface area contributed by atoms with Gasteiger partial charge in [-0.2, -0.15) is 0 Å². The largest absolute Gasteiger partial charge is 0.507 e. The minimum atomic E-state index is 0.107. The number of anilines is 3. The van der Waals surface area contributed by atoms with E-state index in [1.807, 2.05) is 41.2 Å². The number of morpholine rings is 1. The van der Waals surface area contributed by atoms with Gasteiger partial charge in [0.1, 0.15) is 11.4 Å². The molecule has 6 rings (SSSR count). The van der Waals surface area contributed by atoms with Gasteiger partial charge in [-0.1, -0.05) is 25.0 Å². The first-order valence-corrected chi connectivity index (χ1v) is 14.8. The number of piperazine rings is 1. The molecule has 2 bridgehead atoms. The summed E-state index contributed by atoms with van der Waals surface area (Å²) in [5.41, 5.74) is 10.2. The summed E-state index contributed by atoms with van der Waals surface area (Å²) in [5, 5.41) is 18.9. The number of fused-ring (bicyclic) bond motifs is 2. The van der Waals surface area contributed by atoms with Crippen LogP contribution in [0.4, 0.5) is 17.2 Å². The number of likely N-dealkylation sites (N-methyl/N-ethyl adjacent to an activating group) is 1. The first-order valence-electron chi connectivity index (χ1n) is 14.8. The molecule has 11 nitrogen and oxygen atoms in total. The Morgan fingerprint density at radius 3 is 2.77 bits per heavy atom. The van der Waals surface area contributed by atoms with E-state index in [2.05, 4.69) is 55.9 Å². The van der Waals surface area contributed by atoms with Crippen molar-refractivity contribution in [3.63, 3.8) is 0 Å². The van der Waals surface area contributed by atoms with E-state index in [9.17, 15) is 9.90 Å². The highest BCUT2D eigenvalue weighted by molar-refractivity contribution is 5.78. The van der Waals surface area contributed by atoms with Crippen molar-refractivity contribution in [2.45, 2.75) is 25.4 Å². The van der Waals surface area contributed by atoms with Crippen LogP contribution >= 0.6 is 0 Å². The minimum absolute atomic E-state index is 0.107. The number of aromatic hydroxyl groups is 1. The molecule has 5 heterocycles. The average Bonchev–Trinajstić information content (AvgIpc) is 3.21. The molecule has 11 heteroatoms. The van der Waals surface area contributed by atoms with Gasteiger partial charge < -0.3 is 30.3 Å². The fraction of sp³-hybridized carbons (Fsp3) is 0.438. The van der Waals surface area contributed by atoms with Gasteiger partial charge in [0.15, 0.2) is 5.82 Å². The summed E-state index contributed by atoms with van der Waals surface area (Å²) < 4.78 is 5.34. The Morgan fingerprint density at radius 2 is 1.98 bits per heavy atom. The van der Waals surface area contributed by atoms with Crippen molar-refractivity contribution in [1.29, 1.82) is 0 Å². The molecule has 3 aromatic rings. The van der Waals surface area contributed by atoms with E-state index in [-0.39, 0.29) is 23.7 Å². The number of carbonyl (C=O) groups excluding carboxylic acids is 1. The van der Waals surface area contributed by atoms with Gasteiger partial charge in [0.25, 0.3) is 0 Å². The third-order valence-electron chi connectivity index (χ3n) is 8.59. The Labute approximate surface area is 252 Å². The number of nitrogens with zero attached hydrogens (tertiary/aromatic N) is 7. The average molecular weight is 583 g/mol. The van der Waals surface area contributed by atoms with Gasteiger partial charge in [-0.3, -0.25) is 9.69 Å². The Balaban J connectivity index is 1.13. The van der Waals surface area contributed by atoms with E-state index in [1.54, 1.807) is 12.1 Å². The van der Waals surface area contributed by atoms with Crippen molar-refractivity contribution in [3.05, 3.63) is 54.4 Å². The number of hydrogen-bond acceptors (Lipinski definition) is 10. The van der Waals surface area contributed by atoms with E-state index in [0.717, 1.165) is 36.6 Å². The number of phenolic OH excluding ortho intramolecular Hbond substituents is 1. The van der Waals surface area contributed by atoms with Crippen LogP contribution in [0.3, 0.4) is 0 Å². The molecular weight excluding hydrogens is 544 g/mol. The first kappa shape index (κ1) is 28.7. The second kappa shape index (κ2) is 12.5. The number of nitrogen functional groups attached to an aromatic ring is 1. The number of benzene rings is 1. The molecule has 43 heavy (non-hydrogen) atoms. The predicted octanol–water partition coefficient (Wildman–Crippen LogP) is 2.07. The molecule has 1 aromatic carbocycles. The summed E-state index contributed by atoms with van der Waals surface area (Å²) in [4.78, 5) is 25.6. The maximum atomic E-state index is 12.5. The highest BCUT2D eigenvalue weighted by atomic mass is 16.5. The number of aromatic nitrogens is 3. The minimum Gasteiger partial charge on any atom is -0.507 e. The van der Waals surface area contributed by atoms with Crippen molar-refractivity contribution < 1.29 is 14.6 Å². The molecule has 0 aliphatic carbocycles. The van der Waals surface area contributed by atoms with Crippen LogP contribution in [0.15, 0.2) is 48.7 Å². The van der Waals surface area contributed by atoms with Crippen LogP contribution in [-0.4, -0.2) is 108 Å². The fourth-order valence-corrected chi connectivity index (χ4v) is 6.41. The molecule has 3 atom stereocenters. The number of hydrogen-bond donors (Lipinski definition) is 2. The summed E-state index contributed by atoms with van der Waals surface area (Å²) in [6.45, 7) is 7.20. The SMILES string of the molecule is CC1CC2CN(c3cc(-c4ccccc4O)nnc3N)CC1N2c1ccnc(C#CCN(C)CC(=O)N2CCOCC2)c1. The molecule has 3 aliphatic rings. The van der Waals surface area contributed by atoms with Crippen LogP contribution in [0, 0.1) is 17.8 Å².